The van der Waals surface area contributed by atoms with Crippen LogP contribution in [0.5, 0.6) is 0 Å². The Hall–Kier alpha value is -5.75. The van der Waals surface area contributed by atoms with Crippen LogP contribution in [0.3, 0.4) is 0 Å². The van der Waals surface area contributed by atoms with Crippen molar-refractivity contribution in [2.45, 2.75) is 88.6 Å². The van der Waals surface area contributed by atoms with Crippen LogP contribution < -0.4 is 26.2 Å². The van der Waals surface area contributed by atoms with Crippen LogP contribution in [0.25, 0.3) is 0 Å². The molecule has 3 aliphatic heterocycles. The summed E-state index contributed by atoms with van der Waals surface area (Å²) in [5.41, 5.74) is -2.02. The molecule has 0 aliphatic carbocycles. The summed E-state index contributed by atoms with van der Waals surface area (Å²) in [4.78, 5) is 35.4. The Bertz CT molecular complexity index is 2230. The number of halogens is 7. The van der Waals surface area contributed by atoms with Gasteiger partial charge in [-0.2, -0.15) is 13.2 Å². The molecule has 5 atom stereocenters. The van der Waals surface area contributed by atoms with Crippen molar-refractivity contribution in [3.05, 3.63) is 106 Å². The van der Waals surface area contributed by atoms with Gasteiger partial charge in [-0.05, 0) is 87.3 Å². The number of nitrogens with zero attached hydrogens (tertiary/aromatic N) is 3. The summed E-state index contributed by atoms with van der Waals surface area (Å²) >= 11 is 0. The zero-order valence-corrected chi connectivity index (χ0v) is 36.5. The molecule has 356 valence electrons. The van der Waals surface area contributed by atoms with E-state index in [4.69, 9.17) is 15.1 Å². The third-order valence-electron chi connectivity index (χ3n) is 12.1. The monoisotopic (exact) mass is 930 g/mol. The molecule has 0 radical (unpaired) electrons. The predicted octanol–water partition coefficient (Wildman–Crippen LogP) is 5.04. The van der Waals surface area contributed by atoms with Crippen molar-refractivity contribution < 1.29 is 54.9 Å². The maximum atomic E-state index is 15.1. The number of benzene rings is 2. The van der Waals surface area contributed by atoms with Crippen molar-refractivity contribution in [1.29, 1.82) is 5.41 Å². The number of alkyl halides is 5. The quantitative estimate of drug-likeness (QED) is 0.0579. The molecule has 66 heavy (non-hydrogen) atoms. The van der Waals surface area contributed by atoms with Gasteiger partial charge in [0.1, 0.15) is 23.5 Å². The summed E-state index contributed by atoms with van der Waals surface area (Å²) in [5.74, 6) is 3.66. The van der Waals surface area contributed by atoms with Gasteiger partial charge in [0.25, 0.3) is 6.43 Å². The molecule has 4 heterocycles. The third-order valence-corrected chi connectivity index (χ3v) is 12.1. The van der Waals surface area contributed by atoms with Gasteiger partial charge in [0.05, 0.1) is 56.2 Å². The van der Waals surface area contributed by atoms with Crippen molar-refractivity contribution in [1.82, 2.24) is 31.2 Å². The summed E-state index contributed by atoms with van der Waals surface area (Å²) in [6, 6.07) is 10.3. The van der Waals surface area contributed by atoms with Gasteiger partial charge in [0.2, 0.25) is 5.91 Å². The standard InChI is InChI=1S/C46H53F7N8O5/c1-45(2,46(51,52)53)42(59-44(64)65-3)43(63)58-38(39(62)21-56-20-34-35(47)17-30(18-36(34)48)37(54)14-15-55-22-40(49)50)16-28-7-4-27(5-8-28)6-9-29-10-13-41(57-19-29)60-23-31-11-12-32(24-60)61(31)33-25-66-26-33/h4-5,7-8,10,13-15,17-19,31-33,38-40,42,54-56,62H,11-12,16,20-26H2,1-3H3,(H,58,63)(H,59,64)/b15-14-,54-37?/t31?,32?,38-,39-,42?/m0/s1. The first kappa shape index (κ1) is 49.7. The minimum atomic E-state index is -4.98. The topological polar surface area (TPSA) is 164 Å². The lowest BCUT2D eigenvalue weighted by Crippen LogP contribution is -2.62. The second-order valence-corrected chi connectivity index (χ2v) is 17.1. The molecular formula is C46H53F7N8O5. The Morgan fingerprint density at radius 1 is 0.970 bits per heavy atom. The van der Waals surface area contributed by atoms with E-state index in [1.807, 2.05) is 17.4 Å². The maximum Gasteiger partial charge on any atom is 0.407 e. The molecule has 3 fully saturated rings. The Labute approximate surface area is 378 Å². The van der Waals surface area contributed by atoms with Crippen LogP contribution in [0.2, 0.25) is 0 Å². The first-order valence-corrected chi connectivity index (χ1v) is 21.4. The van der Waals surface area contributed by atoms with E-state index < -0.39 is 85.0 Å². The van der Waals surface area contributed by atoms with Gasteiger partial charge in [0, 0.05) is 66.7 Å². The Morgan fingerprint density at radius 3 is 2.17 bits per heavy atom. The number of rotatable bonds is 18. The molecule has 2 bridgehead atoms. The molecule has 0 saturated carbocycles. The van der Waals surface area contributed by atoms with Crippen LogP contribution >= 0.6 is 0 Å². The highest BCUT2D eigenvalue weighted by atomic mass is 19.4. The average Bonchev–Trinajstić information content (AvgIpc) is 3.48. The van der Waals surface area contributed by atoms with E-state index in [9.17, 15) is 36.6 Å². The number of piperazine rings is 1. The molecule has 3 aromatic rings. The van der Waals surface area contributed by atoms with Crippen LogP contribution in [-0.2, 0) is 27.2 Å². The number of allylic oxidation sites excluding steroid dienone is 1. The average molecular weight is 931 g/mol. The smallest absolute Gasteiger partial charge is 0.407 e. The minimum absolute atomic E-state index is 0.144. The van der Waals surface area contributed by atoms with Crippen molar-refractivity contribution in [3.63, 3.8) is 0 Å². The first-order valence-electron chi connectivity index (χ1n) is 21.4. The fourth-order valence-electron chi connectivity index (χ4n) is 8.16. The van der Waals surface area contributed by atoms with Gasteiger partial charge in [-0.3, -0.25) is 9.69 Å². The number of fused-ring (bicyclic) bond motifs is 2. The molecule has 20 heteroatoms. The van der Waals surface area contributed by atoms with E-state index in [1.165, 1.54) is 0 Å². The van der Waals surface area contributed by atoms with E-state index >= 15 is 8.78 Å². The zero-order valence-electron chi connectivity index (χ0n) is 36.5. The number of nitrogens with one attached hydrogen (secondary N) is 5. The summed E-state index contributed by atoms with van der Waals surface area (Å²) in [7, 11) is 0.917. The van der Waals surface area contributed by atoms with Crippen molar-refractivity contribution in [2.75, 3.05) is 51.4 Å². The zero-order chi connectivity index (χ0) is 47.8. The second kappa shape index (κ2) is 21.7. The van der Waals surface area contributed by atoms with Crippen molar-refractivity contribution >= 4 is 23.5 Å². The molecule has 13 nitrogen and oxygen atoms in total. The molecule has 3 unspecified atom stereocenters. The van der Waals surface area contributed by atoms with Gasteiger partial charge in [-0.15, -0.1) is 0 Å². The summed E-state index contributed by atoms with van der Waals surface area (Å²) in [6.45, 7) is 3.24. The number of aliphatic hydroxyl groups is 1. The van der Waals surface area contributed by atoms with Gasteiger partial charge >= 0.3 is 12.3 Å². The number of hydrogen-bond acceptors (Lipinski definition) is 11. The third kappa shape index (κ3) is 12.4. The largest absolute Gasteiger partial charge is 0.453 e. The Kier molecular flexibility index (Phi) is 16.3. The SMILES string of the molecule is COC(=O)NC(C(=O)N[C@@H](Cc1ccc(C#Cc2ccc(N3CC4CCC(C3)N4C3COC3)nc2)cc1)[C@@H](O)CNCc1c(F)cc(C(=N)/C=C\NCC(F)F)cc1F)C(C)(C)C(F)(F)F. The number of ether oxygens (including phenoxy) is 2. The highest BCUT2D eigenvalue weighted by Gasteiger charge is 2.56. The number of aromatic nitrogens is 1. The molecule has 3 aliphatic rings. The molecular weight excluding hydrogens is 878 g/mol. The maximum absolute atomic E-state index is 15.1. The van der Waals surface area contributed by atoms with Gasteiger partial charge in [-0.1, -0.05) is 24.0 Å². The van der Waals surface area contributed by atoms with E-state index in [0.29, 0.717) is 34.8 Å². The van der Waals surface area contributed by atoms with Crippen molar-refractivity contribution in [3.8, 4) is 11.8 Å². The van der Waals surface area contributed by atoms with Crippen molar-refractivity contribution in [2.24, 2.45) is 5.41 Å². The number of methoxy groups -OCH3 is 1. The number of anilines is 1. The van der Waals surface area contributed by atoms with Gasteiger partial charge in [0.15, 0.2) is 0 Å². The van der Waals surface area contributed by atoms with Crippen LogP contribution in [0, 0.1) is 34.3 Å². The van der Waals surface area contributed by atoms with Crippen LogP contribution in [0.4, 0.5) is 41.3 Å². The number of hydrogen-bond donors (Lipinski definition) is 6. The number of pyridine rings is 1. The number of carbonyl (C=O) groups excluding carboxylic acids is 2. The fraction of sp³-hybridized carbons (Fsp3) is 0.478. The normalized spacial score (nSPS) is 19.1. The lowest BCUT2D eigenvalue weighted by molar-refractivity contribution is -0.220. The first-order chi connectivity index (χ1) is 31.3. The molecule has 2 amide bonds. The van der Waals surface area contributed by atoms with Crippen LogP contribution in [-0.4, -0.2) is 128 Å². The van der Waals surface area contributed by atoms with Crippen LogP contribution in [0.15, 0.2) is 67.0 Å². The van der Waals surface area contributed by atoms with Crippen LogP contribution in [0.1, 0.15) is 54.5 Å². The van der Waals surface area contributed by atoms with Gasteiger partial charge < -0.3 is 46.2 Å². The molecule has 6 N–H and O–H groups in total. The lowest BCUT2D eigenvalue weighted by Gasteiger charge is -2.47. The number of carbonyl (C=O) groups is 2. The van der Waals surface area contributed by atoms with E-state index in [2.05, 4.69) is 42.3 Å². The molecule has 0 spiro atoms. The molecule has 3 saturated heterocycles. The van der Waals surface area contributed by atoms with Gasteiger partial charge in [-0.25, -0.2) is 27.3 Å². The lowest BCUT2D eigenvalue weighted by atomic mass is 9.82. The van der Waals surface area contributed by atoms with E-state index in [-0.39, 0.29) is 17.7 Å². The number of alkyl carbamates (subject to hydrolysis) is 1. The van der Waals surface area contributed by atoms with E-state index in [0.717, 1.165) is 90.3 Å². The Balaban J connectivity index is 1.12. The number of aliphatic hydroxyl groups excluding tert-OH is 1. The fourth-order valence-corrected chi connectivity index (χ4v) is 8.16. The summed E-state index contributed by atoms with van der Waals surface area (Å²) < 4.78 is 107. The molecule has 2 aromatic carbocycles. The second-order valence-electron chi connectivity index (χ2n) is 17.1. The minimum Gasteiger partial charge on any atom is -0.453 e. The predicted molar refractivity (Wildman–Crippen MR) is 231 cm³/mol. The highest BCUT2D eigenvalue weighted by molar-refractivity contribution is 6.06. The Morgan fingerprint density at radius 2 is 1.61 bits per heavy atom. The molecule has 1 aromatic heterocycles. The van der Waals surface area contributed by atoms with E-state index in [1.54, 1.807) is 30.5 Å². The summed E-state index contributed by atoms with van der Waals surface area (Å²) in [5, 5.41) is 28.7. The molecule has 6 rings (SSSR count). The number of amides is 2. The highest BCUT2D eigenvalue weighted by Crippen LogP contribution is 2.41. The summed E-state index contributed by atoms with van der Waals surface area (Å²) in [6.07, 6.45) is -4.51.